The molecule has 0 aliphatic carbocycles. The second-order valence-corrected chi connectivity index (χ2v) is 3.39. The zero-order valence-electron chi connectivity index (χ0n) is 8.67. The maximum atomic E-state index is 13.0. The predicted octanol–water partition coefficient (Wildman–Crippen LogP) is 2.64. The van der Waals surface area contributed by atoms with E-state index in [4.69, 9.17) is 17.3 Å². The van der Waals surface area contributed by atoms with E-state index in [1.165, 1.54) is 18.2 Å². The Bertz CT molecular complexity index is 432. The molecule has 0 spiro atoms. The summed E-state index contributed by atoms with van der Waals surface area (Å²) >= 11 is 5.76. The van der Waals surface area contributed by atoms with Crippen molar-refractivity contribution in [2.24, 2.45) is 0 Å². The van der Waals surface area contributed by atoms with Crippen LogP contribution in [-0.4, -0.2) is 12.6 Å². The standard InChI is InChI=1S/C11H11ClFNO2/c1-2-16-11(15)4-3-7-5-10(14)9(13)6-8(7)12/h3-6H,2,14H2,1H3/b4-3+. The van der Waals surface area contributed by atoms with E-state index >= 15 is 0 Å². The fourth-order valence-corrected chi connectivity index (χ4v) is 1.27. The van der Waals surface area contributed by atoms with Gasteiger partial charge >= 0.3 is 5.97 Å². The molecule has 0 heterocycles. The van der Waals surface area contributed by atoms with E-state index in [1.807, 2.05) is 0 Å². The summed E-state index contributed by atoms with van der Waals surface area (Å²) in [5, 5.41) is 0.187. The average Bonchev–Trinajstić information content (AvgIpc) is 2.22. The van der Waals surface area contributed by atoms with Gasteiger partial charge in [0, 0.05) is 6.08 Å². The summed E-state index contributed by atoms with van der Waals surface area (Å²) in [7, 11) is 0. The van der Waals surface area contributed by atoms with Gasteiger partial charge in [-0.05, 0) is 30.7 Å². The van der Waals surface area contributed by atoms with Gasteiger partial charge in [-0.1, -0.05) is 11.6 Å². The molecular formula is C11H11ClFNO2. The minimum atomic E-state index is -0.585. The van der Waals surface area contributed by atoms with E-state index in [0.29, 0.717) is 12.2 Å². The van der Waals surface area contributed by atoms with E-state index in [1.54, 1.807) is 6.92 Å². The number of halogens is 2. The normalized spacial score (nSPS) is 10.7. The first-order valence-corrected chi connectivity index (χ1v) is 5.01. The summed E-state index contributed by atoms with van der Waals surface area (Å²) in [4.78, 5) is 11.0. The van der Waals surface area contributed by atoms with E-state index in [0.717, 1.165) is 6.07 Å². The second kappa shape index (κ2) is 5.51. The van der Waals surface area contributed by atoms with E-state index in [-0.39, 0.29) is 10.7 Å². The average molecular weight is 244 g/mol. The van der Waals surface area contributed by atoms with Gasteiger partial charge in [-0.3, -0.25) is 0 Å². The van der Waals surface area contributed by atoms with Gasteiger partial charge in [0.2, 0.25) is 0 Å². The van der Waals surface area contributed by atoms with Crippen LogP contribution in [0, 0.1) is 5.82 Å². The van der Waals surface area contributed by atoms with Crippen LogP contribution in [0.1, 0.15) is 12.5 Å². The van der Waals surface area contributed by atoms with E-state index in [2.05, 4.69) is 4.74 Å². The number of carbonyl (C=O) groups excluding carboxylic acids is 1. The number of rotatable bonds is 3. The highest BCUT2D eigenvalue weighted by molar-refractivity contribution is 6.32. The number of hydrogen-bond donors (Lipinski definition) is 1. The SMILES string of the molecule is CCOC(=O)/C=C/c1cc(N)c(F)cc1Cl. The molecular weight excluding hydrogens is 233 g/mol. The summed E-state index contributed by atoms with van der Waals surface area (Å²) in [6, 6.07) is 2.45. The monoisotopic (exact) mass is 243 g/mol. The molecule has 0 atom stereocenters. The number of benzene rings is 1. The molecule has 3 nitrogen and oxygen atoms in total. The maximum Gasteiger partial charge on any atom is 0.330 e. The molecule has 5 heteroatoms. The largest absolute Gasteiger partial charge is 0.463 e. The van der Waals surface area contributed by atoms with Gasteiger partial charge in [0.15, 0.2) is 0 Å². The van der Waals surface area contributed by atoms with Gasteiger partial charge in [-0.2, -0.15) is 0 Å². The number of nitrogen functional groups attached to an aromatic ring is 1. The number of nitrogens with two attached hydrogens (primary N) is 1. The maximum absolute atomic E-state index is 13.0. The smallest absolute Gasteiger partial charge is 0.330 e. The second-order valence-electron chi connectivity index (χ2n) is 2.98. The first-order chi connectivity index (χ1) is 7.54. The van der Waals surface area contributed by atoms with Crippen LogP contribution in [0.5, 0.6) is 0 Å². The minimum Gasteiger partial charge on any atom is -0.463 e. The van der Waals surface area contributed by atoms with Gasteiger partial charge < -0.3 is 10.5 Å². The van der Waals surface area contributed by atoms with Crippen molar-refractivity contribution in [3.8, 4) is 0 Å². The van der Waals surface area contributed by atoms with Crippen molar-refractivity contribution in [3.05, 3.63) is 34.6 Å². The van der Waals surface area contributed by atoms with E-state index < -0.39 is 11.8 Å². The molecule has 2 N–H and O–H groups in total. The Hall–Kier alpha value is -1.55. The zero-order chi connectivity index (χ0) is 12.1. The lowest BCUT2D eigenvalue weighted by Crippen LogP contribution is -1.99. The van der Waals surface area contributed by atoms with Gasteiger partial charge in [0.25, 0.3) is 0 Å². The van der Waals surface area contributed by atoms with Crippen molar-refractivity contribution in [2.45, 2.75) is 6.92 Å². The zero-order valence-corrected chi connectivity index (χ0v) is 9.42. The summed E-state index contributed by atoms with van der Waals surface area (Å²) in [5.41, 5.74) is 5.82. The molecule has 0 unspecified atom stereocenters. The Morgan fingerprint density at radius 2 is 2.31 bits per heavy atom. The number of ether oxygens (including phenoxy) is 1. The van der Waals surface area contributed by atoms with Crippen LogP contribution in [-0.2, 0) is 9.53 Å². The third-order valence-electron chi connectivity index (χ3n) is 1.80. The molecule has 0 saturated heterocycles. The van der Waals surface area contributed by atoms with Gasteiger partial charge in [-0.15, -0.1) is 0 Å². The van der Waals surface area contributed by atoms with Crippen LogP contribution >= 0.6 is 11.6 Å². The lowest BCUT2D eigenvalue weighted by Gasteiger charge is -2.02. The lowest BCUT2D eigenvalue weighted by molar-refractivity contribution is -0.137. The molecule has 0 aliphatic heterocycles. The molecule has 0 radical (unpaired) electrons. The molecule has 1 aromatic carbocycles. The molecule has 0 fully saturated rings. The van der Waals surface area contributed by atoms with Crippen molar-refractivity contribution in [3.63, 3.8) is 0 Å². The lowest BCUT2D eigenvalue weighted by atomic mass is 10.2. The highest BCUT2D eigenvalue weighted by atomic mass is 35.5. The van der Waals surface area contributed by atoms with Crippen molar-refractivity contribution in [2.75, 3.05) is 12.3 Å². The number of anilines is 1. The fraction of sp³-hybridized carbons (Fsp3) is 0.182. The quantitative estimate of drug-likeness (QED) is 0.504. The molecule has 0 saturated carbocycles. The predicted molar refractivity (Wildman–Crippen MR) is 61.5 cm³/mol. The molecule has 0 aromatic heterocycles. The summed E-state index contributed by atoms with van der Waals surface area (Å²) in [5.74, 6) is -1.07. The first kappa shape index (κ1) is 12.5. The van der Waals surface area contributed by atoms with E-state index in [9.17, 15) is 9.18 Å². The van der Waals surface area contributed by atoms with Gasteiger partial charge in [0.1, 0.15) is 5.82 Å². The van der Waals surface area contributed by atoms with Crippen LogP contribution in [0.3, 0.4) is 0 Å². The number of esters is 1. The number of carbonyl (C=O) groups is 1. The molecule has 86 valence electrons. The Balaban J connectivity index is 2.89. The van der Waals surface area contributed by atoms with Crippen molar-refractivity contribution < 1.29 is 13.9 Å². The third-order valence-corrected chi connectivity index (χ3v) is 2.13. The molecule has 16 heavy (non-hydrogen) atoms. The molecule has 0 aliphatic rings. The molecule has 0 amide bonds. The third kappa shape index (κ3) is 3.24. The Labute approximate surface area is 97.7 Å². The molecule has 1 aromatic rings. The number of hydrogen-bond acceptors (Lipinski definition) is 3. The van der Waals surface area contributed by atoms with Crippen LogP contribution in [0.2, 0.25) is 5.02 Å². The molecule has 1 rings (SSSR count). The Morgan fingerprint density at radius 3 is 2.94 bits per heavy atom. The van der Waals surface area contributed by atoms with Crippen molar-refractivity contribution in [1.29, 1.82) is 0 Å². The molecule has 0 bridgehead atoms. The topological polar surface area (TPSA) is 52.3 Å². The van der Waals surface area contributed by atoms with Crippen LogP contribution in [0.15, 0.2) is 18.2 Å². The summed E-state index contributed by atoms with van der Waals surface area (Å²) in [6.45, 7) is 2.00. The highest BCUT2D eigenvalue weighted by Gasteiger charge is 2.04. The minimum absolute atomic E-state index is 0.0205. The van der Waals surface area contributed by atoms with Crippen LogP contribution in [0.4, 0.5) is 10.1 Å². The summed E-state index contributed by atoms with van der Waals surface area (Å²) < 4.78 is 17.6. The summed E-state index contributed by atoms with van der Waals surface area (Å²) in [6.07, 6.45) is 2.64. The van der Waals surface area contributed by atoms with Gasteiger partial charge in [-0.25, -0.2) is 9.18 Å². The first-order valence-electron chi connectivity index (χ1n) is 4.64. The fourth-order valence-electron chi connectivity index (χ4n) is 1.06. The van der Waals surface area contributed by atoms with Crippen molar-refractivity contribution >= 4 is 29.3 Å². The van der Waals surface area contributed by atoms with Gasteiger partial charge in [0.05, 0.1) is 17.3 Å². The van der Waals surface area contributed by atoms with Crippen molar-refractivity contribution in [1.82, 2.24) is 0 Å². The van der Waals surface area contributed by atoms with Crippen LogP contribution < -0.4 is 5.73 Å². The highest BCUT2D eigenvalue weighted by Crippen LogP contribution is 2.23. The Morgan fingerprint density at radius 1 is 1.62 bits per heavy atom. The van der Waals surface area contributed by atoms with Crippen LogP contribution in [0.25, 0.3) is 6.08 Å². The Kier molecular flexibility index (Phi) is 4.31.